The van der Waals surface area contributed by atoms with Gasteiger partial charge in [0, 0.05) is 44.5 Å². The van der Waals surface area contributed by atoms with Crippen LogP contribution in [-0.2, 0) is 16.1 Å². The van der Waals surface area contributed by atoms with Crippen molar-refractivity contribution in [3.05, 3.63) is 30.1 Å². The summed E-state index contributed by atoms with van der Waals surface area (Å²) >= 11 is 0. The van der Waals surface area contributed by atoms with Gasteiger partial charge in [0.1, 0.15) is 0 Å². The van der Waals surface area contributed by atoms with Crippen molar-refractivity contribution in [3.8, 4) is 0 Å². The molecule has 5 nitrogen and oxygen atoms in total. The third-order valence-corrected chi connectivity index (χ3v) is 5.55. The van der Waals surface area contributed by atoms with Crippen LogP contribution >= 0.6 is 0 Å². The van der Waals surface area contributed by atoms with E-state index in [0.29, 0.717) is 17.9 Å². The van der Waals surface area contributed by atoms with Crippen molar-refractivity contribution >= 4 is 5.91 Å². The first-order valence-corrected chi connectivity index (χ1v) is 8.75. The van der Waals surface area contributed by atoms with Crippen molar-refractivity contribution < 1.29 is 9.53 Å². The molecule has 1 saturated carbocycles. The Morgan fingerprint density at radius 1 is 1.43 bits per heavy atom. The topological polar surface area (TPSA) is 45.7 Å². The fraction of sp³-hybridized carbons (Fsp3) is 0.667. The lowest BCUT2D eigenvalue weighted by Gasteiger charge is -2.47. The van der Waals surface area contributed by atoms with Crippen LogP contribution in [-0.4, -0.2) is 59.1 Å². The lowest BCUT2D eigenvalue weighted by molar-refractivity contribution is -0.145. The minimum absolute atomic E-state index is 0.265. The Labute approximate surface area is 137 Å². The van der Waals surface area contributed by atoms with Gasteiger partial charge in [-0.25, -0.2) is 0 Å². The molecular weight excluding hydrogens is 290 g/mol. The molecule has 2 aliphatic heterocycles. The number of fused-ring (bicyclic) bond motifs is 1. The molecule has 0 spiro atoms. The van der Waals surface area contributed by atoms with Crippen molar-refractivity contribution in [1.29, 1.82) is 0 Å². The summed E-state index contributed by atoms with van der Waals surface area (Å²) in [4.78, 5) is 21.3. The first kappa shape index (κ1) is 15.1. The summed E-state index contributed by atoms with van der Waals surface area (Å²) < 4.78 is 5.98. The molecule has 1 aromatic heterocycles. The number of piperidine rings is 1. The van der Waals surface area contributed by atoms with Gasteiger partial charge in [0.2, 0.25) is 5.91 Å². The van der Waals surface area contributed by atoms with Crippen LogP contribution < -0.4 is 0 Å². The zero-order valence-electron chi connectivity index (χ0n) is 13.7. The molecule has 1 amide bonds. The highest BCUT2D eigenvalue weighted by Gasteiger charge is 2.45. The fourth-order valence-corrected chi connectivity index (χ4v) is 3.97. The van der Waals surface area contributed by atoms with E-state index in [4.69, 9.17) is 4.74 Å². The second kappa shape index (κ2) is 6.21. The van der Waals surface area contributed by atoms with Crippen LogP contribution in [0.25, 0.3) is 0 Å². The van der Waals surface area contributed by atoms with Crippen molar-refractivity contribution in [2.75, 3.05) is 26.2 Å². The molecule has 0 aromatic carbocycles. The van der Waals surface area contributed by atoms with Crippen LogP contribution in [0, 0.1) is 11.8 Å². The Balaban J connectivity index is 1.44. The number of hydrogen-bond donors (Lipinski definition) is 0. The Morgan fingerprint density at radius 2 is 2.30 bits per heavy atom. The van der Waals surface area contributed by atoms with Gasteiger partial charge in [-0.05, 0) is 30.4 Å². The van der Waals surface area contributed by atoms with E-state index < -0.39 is 0 Å². The van der Waals surface area contributed by atoms with Crippen molar-refractivity contribution in [2.45, 2.75) is 38.5 Å². The van der Waals surface area contributed by atoms with Crippen LogP contribution in [0.4, 0.5) is 0 Å². The number of pyridine rings is 1. The number of hydrogen-bond acceptors (Lipinski definition) is 4. The van der Waals surface area contributed by atoms with E-state index in [-0.39, 0.29) is 12.0 Å². The van der Waals surface area contributed by atoms with Gasteiger partial charge >= 0.3 is 0 Å². The van der Waals surface area contributed by atoms with E-state index in [1.54, 1.807) is 0 Å². The van der Waals surface area contributed by atoms with Gasteiger partial charge in [0.25, 0.3) is 0 Å². The molecule has 0 unspecified atom stereocenters. The molecule has 0 bridgehead atoms. The summed E-state index contributed by atoms with van der Waals surface area (Å²) in [6.45, 7) is 6.44. The Hall–Kier alpha value is -1.46. The highest BCUT2D eigenvalue weighted by molar-refractivity contribution is 5.81. The lowest BCUT2D eigenvalue weighted by atomic mass is 9.97. The second-order valence-electron chi connectivity index (χ2n) is 7.20. The number of ether oxygens (including phenoxy) is 1. The van der Waals surface area contributed by atoms with Crippen molar-refractivity contribution in [3.63, 3.8) is 0 Å². The maximum atomic E-state index is 12.6. The van der Waals surface area contributed by atoms with Crippen LogP contribution in [0.2, 0.25) is 0 Å². The summed E-state index contributed by atoms with van der Waals surface area (Å²) in [6, 6.07) is 4.42. The average Bonchev–Trinajstić information content (AvgIpc) is 3.32. The second-order valence-corrected chi connectivity index (χ2v) is 7.20. The molecule has 3 heterocycles. The van der Waals surface area contributed by atoms with E-state index in [0.717, 1.165) is 45.6 Å². The van der Waals surface area contributed by atoms with Gasteiger partial charge in [-0.3, -0.25) is 14.7 Å². The summed E-state index contributed by atoms with van der Waals surface area (Å²) in [5, 5.41) is 0. The molecule has 23 heavy (non-hydrogen) atoms. The first-order chi connectivity index (χ1) is 11.2. The molecule has 4 atom stereocenters. The normalized spacial score (nSPS) is 34.0. The third-order valence-electron chi connectivity index (χ3n) is 5.55. The smallest absolute Gasteiger partial charge is 0.226 e. The highest BCUT2D eigenvalue weighted by atomic mass is 16.5. The average molecular weight is 315 g/mol. The number of carbonyl (C=O) groups excluding carboxylic acids is 1. The minimum atomic E-state index is 0.265. The van der Waals surface area contributed by atoms with Crippen molar-refractivity contribution in [1.82, 2.24) is 14.8 Å². The first-order valence-electron chi connectivity index (χ1n) is 8.75. The Bertz CT molecular complexity index is 565. The number of aromatic nitrogens is 1. The molecule has 5 heteroatoms. The molecule has 3 fully saturated rings. The Morgan fingerprint density at radius 3 is 3.04 bits per heavy atom. The van der Waals surface area contributed by atoms with E-state index >= 15 is 0 Å². The molecule has 1 aromatic rings. The van der Waals surface area contributed by atoms with E-state index in [9.17, 15) is 4.79 Å². The summed E-state index contributed by atoms with van der Waals surface area (Å²) in [7, 11) is 0. The van der Waals surface area contributed by atoms with E-state index in [2.05, 4.69) is 27.8 Å². The Kier molecular flexibility index (Phi) is 4.07. The van der Waals surface area contributed by atoms with Gasteiger partial charge in [-0.1, -0.05) is 13.0 Å². The number of rotatable bonds is 3. The summed E-state index contributed by atoms with van der Waals surface area (Å²) in [5.74, 6) is 1.22. The zero-order chi connectivity index (χ0) is 15.8. The predicted octanol–water partition coefficient (Wildman–Crippen LogP) is 1.54. The standard InChI is InChI=1S/C18H25N3O2/c1-13-9-15(13)18(22)21-6-4-17-16(12-21)20(7-8-23-17)11-14-3-2-5-19-10-14/h2-3,5,10,13,15-17H,4,6-9,11-12H2,1H3/t13-,15+,16-,17-/m0/s1. The molecule has 3 aliphatic rings. The van der Waals surface area contributed by atoms with Crippen LogP contribution in [0.1, 0.15) is 25.3 Å². The van der Waals surface area contributed by atoms with Gasteiger partial charge in [-0.2, -0.15) is 0 Å². The van der Waals surface area contributed by atoms with Crippen LogP contribution in [0.5, 0.6) is 0 Å². The van der Waals surface area contributed by atoms with E-state index in [1.165, 1.54) is 5.56 Å². The molecule has 0 radical (unpaired) electrons. The number of likely N-dealkylation sites (tertiary alicyclic amines) is 1. The molecule has 2 saturated heterocycles. The predicted molar refractivity (Wildman–Crippen MR) is 86.6 cm³/mol. The van der Waals surface area contributed by atoms with Gasteiger partial charge in [0.15, 0.2) is 0 Å². The molecule has 124 valence electrons. The number of amides is 1. The maximum absolute atomic E-state index is 12.6. The summed E-state index contributed by atoms with van der Waals surface area (Å²) in [6.07, 6.45) is 6.03. The number of morpholine rings is 1. The third kappa shape index (κ3) is 3.12. The highest BCUT2D eigenvalue weighted by Crippen LogP contribution is 2.40. The quantitative estimate of drug-likeness (QED) is 0.849. The molecule has 4 rings (SSSR count). The van der Waals surface area contributed by atoms with Gasteiger partial charge in [0.05, 0.1) is 18.8 Å². The SMILES string of the molecule is C[C@H]1C[C@H]1C(=O)N1CC[C@@H]2OCCN(Cc3cccnc3)[C@H]2C1. The monoisotopic (exact) mass is 315 g/mol. The van der Waals surface area contributed by atoms with E-state index in [1.807, 2.05) is 18.5 Å². The number of nitrogens with zero attached hydrogens (tertiary/aromatic N) is 3. The van der Waals surface area contributed by atoms with Gasteiger partial charge < -0.3 is 9.64 Å². The molecule has 1 aliphatic carbocycles. The summed E-state index contributed by atoms with van der Waals surface area (Å²) in [5.41, 5.74) is 1.23. The largest absolute Gasteiger partial charge is 0.375 e. The van der Waals surface area contributed by atoms with Gasteiger partial charge in [-0.15, -0.1) is 0 Å². The van der Waals surface area contributed by atoms with Crippen molar-refractivity contribution in [2.24, 2.45) is 11.8 Å². The fourth-order valence-electron chi connectivity index (χ4n) is 3.97. The number of carbonyl (C=O) groups is 1. The van der Waals surface area contributed by atoms with Crippen LogP contribution in [0.15, 0.2) is 24.5 Å². The minimum Gasteiger partial charge on any atom is -0.375 e. The lowest BCUT2D eigenvalue weighted by Crippen LogP contribution is -2.60. The molecular formula is C18H25N3O2. The molecule has 0 N–H and O–H groups in total. The van der Waals surface area contributed by atoms with Crippen LogP contribution in [0.3, 0.4) is 0 Å². The zero-order valence-corrected chi connectivity index (χ0v) is 13.7. The maximum Gasteiger partial charge on any atom is 0.226 e.